The van der Waals surface area contributed by atoms with E-state index in [2.05, 4.69) is 42.0 Å². The van der Waals surface area contributed by atoms with Crippen LogP contribution in [0.15, 0.2) is 66.7 Å². The quantitative estimate of drug-likeness (QED) is 0.302. The lowest BCUT2D eigenvalue weighted by atomic mass is 9.87. The van der Waals surface area contributed by atoms with Crippen LogP contribution in [0.25, 0.3) is 0 Å². The Morgan fingerprint density at radius 2 is 1.53 bits per heavy atom. The summed E-state index contributed by atoms with van der Waals surface area (Å²) in [4.78, 5) is 25.2. The van der Waals surface area contributed by atoms with E-state index < -0.39 is 0 Å². The van der Waals surface area contributed by atoms with Gasteiger partial charge in [-0.1, -0.05) is 39.0 Å². The zero-order chi connectivity index (χ0) is 25.6. The van der Waals surface area contributed by atoms with Gasteiger partial charge in [-0.25, -0.2) is 0 Å². The first kappa shape index (κ1) is 28.6. The highest BCUT2D eigenvalue weighted by atomic mass is 35.5. The number of methoxy groups -OCH3 is 1. The van der Waals surface area contributed by atoms with Gasteiger partial charge in [0.25, 0.3) is 11.8 Å². The van der Waals surface area contributed by atoms with E-state index in [4.69, 9.17) is 17.0 Å². The minimum Gasteiger partial charge on any atom is -0.494 e. The summed E-state index contributed by atoms with van der Waals surface area (Å²) in [6, 6.07) is 19.8. The minimum absolute atomic E-state index is 0. The molecule has 0 spiro atoms. The summed E-state index contributed by atoms with van der Waals surface area (Å²) in [6.45, 7) is 6.36. The molecule has 0 aromatic heterocycles. The number of ether oxygens (including phenoxy) is 1. The smallest absolute Gasteiger partial charge is 0.257 e. The number of rotatable bonds is 6. The van der Waals surface area contributed by atoms with Crippen molar-refractivity contribution in [2.45, 2.75) is 26.2 Å². The summed E-state index contributed by atoms with van der Waals surface area (Å²) < 4.78 is 5.44. The summed E-state index contributed by atoms with van der Waals surface area (Å²) >= 11 is 5.31. The van der Waals surface area contributed by atoms with E-state index in [-0.39, 0.29) is 34.7 Å². The molecule has 0 bridgehead atoms. The highest BCUT2D eigenvalue weighted by molar-refractivity contribution is 7.80. The Morgan fingerprint density at radius 1 is 0.833 bits per heavy atom. The second-order valence-electron chi connectivity index (χ2n) is 8.94. The first-order chi connectivity index (χ1) is 16.6. The molecule has 0 aliphatic carbocycles. The molecule has 0 aliphatic heterocycles. The lowest BCUT2D eigenvalue weighted by molar-refractivity contribution is 0.0976. The van der Waals surface area contributed by atoms with Gasteiger partial charge in [0, 0.05) is 35.6 Å². The minimum atomic E-state index is -0.303. The van der Waals surface area contributed by atoms with Crippen LogP contribution < -0.4 is 26.0 Å². The van der Waals surface area contributed by atoms with Crippen LogP contribution in [0, 0.1) is 0 Å². The van der Waals surface area contributed by atoms with E-state index >= 15 is 0 Å². The Balaban J connectivity index is 0.00000456. The molecule has 0 saturated carbocycles. The predicted molar refractivity (Wildman–Crippen MR) is 153 cm³/mol. The average Bonchev–Trinajstić information content (AvgIpc) is 2.84. The second kappa shape index (κ2) is 12.4. The molecule has 0 fully saturated rings. The Kier molecular flexibility index (Phi) is 9.84. The third kappa shape index (κ3) is 7.44. The van der Waals surface area contributed by atoms with Crippen molar-refractivity contribution in [3.63, 3.8) is 0 Å². The van der Waals surface area contributed by atoms with Crippen LogP contribution in [0.1, 0.15) is 47.1 Å². The zero-order valence-electron chi connectivity index (χ0n) is 20.9. The van der Waals surface area contributed by atoms with Gasteiger partial charge in [-0.3, -0.25) is 14.9 Å². The lowest BCUT2D eigenvalue weighted by Gasteiger charge is -2.19. The predicted octanol–water partition coefficient (Wildman–Crippen LogP) is 5.84. The molecule has 36 heavy (non-hydrogen) atoms. The van der Waals surface area contributed by atoms with Crippen molar-refractivity contribution in [1.29, 1.82) is 0 Å². The molecule has 4 N–H and O–H groups in total. The Morgan fingerprint density at radius 3 is 2.14 bits per heavy atom. The molecule has 0 atom stereocenters. The van der Waals surface area contributed by atoms with Crippen molar-refractivity contribution in [3.8, 4) is 5.75 Å². The van der Waals surface area contributed by atoms with Gasteiger partial charge in [0.05, 0.1) is 12.8 Å². The van der Waals surface area contributed by atoms with Crippen LogP contribution >= 0.6 is 24.6 Å². The summed E-state index contributed by atoms with van der Waals surface area (Å²) in [5, 5.41) is 11.7. The highest BCUT2D eigenvalue weighted by Gasteiger charge is 2.15. The van der Waals surface area contributed by atoms with Gasteiger partial charge in [-0.2, -0.15) is 0 Å². The molecule has 0 unspecified atom stereocenters. The van der Waals surface area contributed by atoms with E-state index in [9.17, 15) is 9.59 Å². The first-order valence-electron chi connectivity index (χ1n) is 11.1. The van der Waals surface area contributed by atoms with Crippen molar-refractivity contribution in [2.24, 2.45) is 0 Å². The van der Waals surface area contributed by atoms with Crippen molar-refractivity contribution in [3.05, 3.63) is 83.4 Å². The van der Waals surface area contributed by atoms with Gasteiger partial charge in [0.1, 0.15) is 5.75 Å². The van der Waals surface area contributed by atoms with E-state index in [1.54, 1.807) is 55.6 Å². The van der Waals surface area contributed by atoms with E-state index in [1.807, 2.05) is 18.2 Å². The monoisotopic (exact) mass is 526 g/mol. The van der Waals surface area contributed by atoms with Gasteiger partial charge in [-0.15, -0.1) is 12.4 Å². The topological polar surface area (TPSA) is 91.5 Å². The van der Waals surface area contributed by atoms with Crippen molar-refractivity contribution >= 4 is 58.6 Å². The fourth-order valence-corrected chi connectivity index (χ4v) is 3.55. The summed E-state index contributed by atoms with van der Waals surface area (Å²) in [5.74, 6) is -0.121. The maximum Gasteiger partial charge on any atom is 0.257 e. The average molecular weight is 527 g/mol. The molecule has 0 radical (unpaired) electrons. The third-order valence-corrected chi connectivity index (χ3v) is 5.57. The van der Waals surface area contributed by atoms with Crippen LogP contribution in [0.5, 0.6) is 5.75 Å². The van der Waals surface area contributed by atoms with Gasteiger partial charge in [0.15, 0.2) is 5.11 Å². The number of amides is 2. The molecule has 9 heteroatoms. The molecule has 3 aromatic carbocycles. The van der Waals surface area contributed by atoms with Gasteiger partial charge in [0.2, 0.25) is 0 Å². The van der Waals surface area contributed by atoms with Crippen molar-refractivity contribution in [2.75, 3.05) is 30.1 Å². The normalized spacial score (nSPS) is 10.5. The van der Waals surface area contributed by atoms with Crippen LogP contribution in [0.2, 0.25) is 0 Å². The Bertz CT molecular complexity index is 1240. The SMILES string of the molecule is CNc1cccc(C(=O)Nc2ccc(NC(=S)NC(=O)c3ccc(C(C)(C)C)cc3)cc2OC)c1.Cl. The van der Waals surface area contributed by atoms with Gasteiger partial charge < -0.3 is 20.7 Å². The van der Waals surface area contributed by atoms with E-state index in [0.29, 0.717) is 28.3 Å². The summed E-state index contributed by atoms with van der Waals surface area (Å²) in [7, 11) is 3.30. The Labute approximate surface area is 223 Å². The van der Waals surface area contributed by atoms with Crippen molar-refractivity contribution in [1.82, 2.24) is 5.32 Å². The van der Waals surface area contributed by atoms with Crippen LogP contribution in [0.3, 0.4) is 0 Å². The summed E-state index contributed by atoms with van der Waals surface area (Å²) in [6.07, 6.45) is 0. The number of anilines is 3. The summed E-state index contributed by atoms with van der Waals surface area (Å²) in [5.41, 5.74) is 4.12. The molecule has 190 valence electrons. The standard InChI is InChI=1S/C27H30N4O3S.ClH/c1-27(2,3)19-11-9-17(10-12-19)24(32)31-26(35)29-21-13-14-22(23(16-21)34-5)30-25(33)18-7-6-8-20(15-18)28-4;/h6-16,28H,1-5H3,(H,30,33)(H2,29,31,32,35);1H. The molecular formula is C27H31ClN4O3S. The molecular weight excluding hydrogens is 496 g/mol. The van der Waals surface area contributed by atoms with E-state index in [0.717, 1.165) is 11.3 Å². The van der Waals surface area contributed by atoms with Crippen LogP contribution in [0.4, 0.5) is 17.1 Å². The zero-order valence-corrected chi connectivity index (χ0v) is 22.5. The van der Waals surface area contributed by atoms with Crippen LogP contribution in [-0.4, -0.2) is 31.1 Å². The number of carbonyl (C=O) groups is 2. The van der Waals surface area contributed by atoms with Gasteiger partial charge >= 0.3 is 0 Å². The molecule has 0 aliphatic rings. The molecule has 3 aromatic rings. The first-order valence-corrected chi connectivity index (χ1v) is 11.5. The second-order valence-corrected chi connectivity index (χ2v) is 9.34. The number of benzene rings is 3. The number of carbonyl (C=O) groups excluding carboxylic acids is 2. The van der Waals surface area contributed by atoms with Crippen molar-refractivity contribution < 1.29 is 14.3 Å². The molecule has 2 amide bonds. The fraction of sp³-hybridized carbons (Fsp3) is 0.222. The van der Waals surface area contributed by atoms with Crippen LogP contribution in [-0.2, 0) is 5.41 Å². The fourth-order valence-electron chi connectivity index (χ4n) is 3.34. The Hall–Kier alpha value is -3.62. The molecule has 7 nitrogen and oxygen atoms in total. The number of nitrogens with one attached hydrogen (secondary N) is 4. The number of thiocarbonyl (C=S) groups is 1. The molecule has 0 saturated heterocycles. The third-order valence-electron chi connectivity index (χ3n) is 5.36. The maximum atomic E-state index is 12.7. The maximum absolute atomic E-state index is 12.7. The van der Waals surface area contributed by atoms with E-state index in [1.165, 1.54) is 7.11 Å². The number of hydrogen-bond acceptors (Lipinski definition) is 5. The highest BCUT2D eigenvalue weighted by Crippen LogP contribution is 2.29. The lowest BCUT2D eigenvalue weighted by Crippen LogP contribution is -2.34. The largest absolute Gasteiger partial charge is 0.494 e. The molecule has 0 heterocycles. The number of halogens is 1. The van der Waals surface area contributed by atoms with Gasteiger partial charge in [-0.05, 0) is 65.7 Å². The number of hydrogen-bond donors (Lipinski definition) is 4. The molecule has 3 rings (SSSR count).